The SMILES string of the molecule is CC(C)(C)OC(=O)NCC1(c2cccc(Cl)c2)CCC(N2CC(=O)NCC2=O)CC1. The first-order valence-corrected chi connectivity index (χ1v) is 10.7. The van der Waals surface area contributed by atoms with Gasteiger partial charge in [-0.3, -0.25) is 9.59 Å². The predicted octanol–water partition coefficient (Wildman–Crippen LogP) is 3.00. The highest BCUT2D eigenvalue weighted by molar-refractivity contribution is 6.30. The summed E-state index contributed by atoms with van der Waals surface area (Å²) in [5.74, 6) is -0.158. The standard InChI is InChI=1S/C22H30ClN3O4/c1-21(2,3)30-20(29)25-14-22(15-5-4-6-16(23)11-15)9-7-17(8-10-22)26-13-18(27)24-12-19(26)28/h4-6,11,17H,7-10,12-14H2,1-3H3,(H,24,27)(H,25,29). The van der Waals surface area contributed by atoms with Gasteiger partial charge in [0.25, 0.3) is 0 Å². The van der Waals surface area contributed by atoms with Gasteiger partial charge in [-0.2, -0.15) is 0 Å². The first-order chi connectivity index (χ1) is 14.1. The van der Waals surface area contributed by atoms with E-state index < -0.39 is 11.7 Å². The maximum atomic E-state index is 12.3. The molecule has 7 nitrogen and oxygen atoms in total. The van der Waals surface area contributed by atoms with E-state index in [4.69, 9.17) is 16.3 Å². The fourth-order valence-electron chi connectivity index (χ4n) is 4.32. The van der Waals surface area contributed by atoms with Gasteiger partial charge >= 0.3 is 6.09 Å². The predicted molar refractivity (Wildman–Crippen MR) is 114 cm³/mol. The number of benzene rings is 1. The second-order valence-corrected chi connectivity index (χ2v) is 9.61. The van der Waals surface area contributed by atoms with E-state index in [-0.39, 0.29) is 36.4 Å². The van der Waals surface area contributed by atoms with Crippen molar-refractivity contribution < 1.29 is 19.1 Å². The van der Waals surface area contributed by atoms with Crippen LogP contribution in [0.15, 0.2) is 24.3 Å². The maximum Gasteiger partial charge on any atom is 0.407 e. The van der Waals surface area contributed by atoms with Crippen LogP contribution in [-0.2, 0) is 19.7 Å². The summed E-state index contributed by atoms with van der Waals surface area (Å²) in [6.07, 6.45) is 2.58. The molecule has 1 aliphatic heterocycles. The summed E-state index contributed by atoms with van der Waals surface area (Å²) in [5.41, 5.74) is 0.187. The molecule has 0 unspecified atom stereocenters. The fraction of sp³-hybridized carbons (Fsp3) is 0.591. The first kappa shape index (κ1) is 22.4. The Labute approximate surface area is 182 Å². The number of ether oxygens (including phenoxy) is 1. The summed E-state index contributed by atoms with van der Waals surface area (Å²) in [6.45, 7) is 6.09. The van der Waals surface area contributed by atoms with Gasteiger partial charge in [-0.1, -0.05) is 23.7 Å². The van der Waals surface area contributed by atoms with Crippen LogP contribution in [-0.4, -0.2) is 54.1 Å². The average molecular weight is 436 g/mol. The van der Waals surface area contributed by atoms with Gasteiger partial charge in [-0.15, -0.1) is 0 Å². The van der Waals surface area contributed by atoms with E-state index >= 15 is 0 Å². The molecule has 1 aromatic carbocycles. The highest BCUT2D eigenvalue weighted by Crippen LogP contribution is 2.41. The van der Waals surface area contributed by atoms with Crippen molar-refractivity contribution in [2.45, 2.75) is 63.5 Å². The molecule has 0 spiro atoms. The molecule has 0 aromatic heterocycles. The van der Waals surface area contributed by atoms with E-state index in [9.17, 15) is 14.4 Å². The van der Waals surface area contributed by atoms with E-state index in [0.717, 1.165) is 31.2 Å². The largest absolute Gasteiger partial charge is 0.444 e. The zero-order valence-electron chi connectivity index (χ0n) is 17.8. The number of nitrogens with one attached hydrogen (secondary N) is 2. The normalized spacial score (nSPS) is 24.9. The lowest BCUT2D eigenvalue weighted by atomic mass is 9.67. The van der Waals surface area contributed by atoms with Crippen LogP contribution in [0, 0.1) is 0 Å². The molecule has 1 heterocycles. The molecule has 8 heteroatoms. The van der Waals surface area contributed by atoms with Gasteiger partial charge in [-0.05, 0) is 64.2 Å². The molecule has 164 valence electrons. The Morgan fingerprint density at radius 2 is 2.00 bits per heavy atom. The number of amides is 3. The Morgan fingerprint density at radius 3 is 2.63 bits per heavy atom. The van der Waals surface area contributed by atoms with Crippen LogP contribution in [0.4, 0.5) is 4.79 Å². The van der Waals surface area contributed by atoms with E-state index in [2.05, 4.69) is 10.6 Å². The van der Waals surface area contributed by atoms with Gasteiger partial charge in [0.05, 0.1) is 13.1 Å². The van der Waals surface area contributed by atoms with Gasteiger partial charge in [0.15, 0.2) is 0 Å². The summed E-state index contributed by atoms with van der Waals surface area (Å²) in [4.78, 5) is 38.0. The van der Waals surface area contributed by atoms with Crippen molar-refractivity contribution >= 4 is 29.5 Å². The van der Waals surface area contributed by atoms with Crippen LogP contribution < -0.4 is 10.6 Å². The van der Waals surface area contributed by atoms with Crippen molar-refractivity contribution in [3.05, 3.63) is 34.9 Å². The highest BCUT2D eigenvalue weighted by Gasteiger charge is 2.41. The lowest BCUT2D eigenvalue weighted by Crippen LogP contribution is -2.57. The molecule has 0 atom stereocenters. The van der Waals surface area contributed by atoms with Gasteiger partial charge in [0, 0.05) is 23.0 Å². The number of carbonyl (C=O) groups excluding carboxylic acids is 3. The summed E-state index contributed by atoms with van der Waals surface area (Å²) in [6, 6.07) is 7.74. The van der Waals surface area contributed by atoms with Gasteiger partial charge < -0.3 is 20.3 Å². The van der Waals surface area contributed by atoms with Gasteiger partial charge in [0.2, 0.25) is 11.8 Å². The molecule has 1 aliphatic carbocycles. The Balaban J connectivity index is 1.74. The number of carbonyl (C=O) groups is 3. The van der Waals surface area contributed by atoms with E-state index in [1.165, 1.54) is 0 Å². The second kappa shape index (κ2) is 8.84. The van der Waals surface area contributed by atoms with Crippen molar-refractivity contribution in [3.63, 3.8) is 0 Å². The Morgan fingerprint density at radius 1 is 1.30 bits per heavy atom. The second-order valence-electron chi connectivity index (χ2n) is 9.18. The number of hydrogen-bond acceptors (Lipinski definition) is 4. The van der Waals surface area contributed by atoms with Crippen molar-refractivity contribution in [2.75, 3.05) is 19.6 Å². The van der Waals surface area contributed by atoms with E-state index in [1.54, 1.807) is 4.90 Å². The van der Waals surface area contributed by atoms with Gasteiger partial charge in [-0.25, -0.2) is 4.79 Å². The molecule has 0 radical (unpaired) electrons. The average Bonchev–Trinajstić information content (AvgIpc) is 2.67. The lowest BCUT2D eigenvalue weighted by Gasteiger charge is -2.44. The summed E-state index contributed by atoms with van der Waals surface area (Å²) < 4.78 is 5.40. The van der Waals surface area contributed by atoms with Crippen LogP contribution in [0.25, 0.3) is 0 Å². The smallest absolute Gasteiger partial charge is 0.407 e. The number of hydrogen-bond donors (Lipinski definition) is 2. The number of rotatable bonds is 4. The zero-order chi connectivity index (χ0) is 21.9. The maximum absolute atomic E-state index is 12.3. The van der Waals surface area contributed by atoms with Crippen LogP contribution >= 0.6 is 11.6 Å². The third-order valence-corrected chi connectivity index (χ3v) is 6.07. The highest BCUT2D eigenvalue weighted by atomic mass is 35.5. The van der Waals surface area contributed by atoms with E-state index in [1.807, 2.05) is 45.0 Å². The molecule has 30 heavy (non-hydrogen) atoms. The molecule has 2 N–H and O–H groups in total. The summed E-state index contributed by atoms with van der Waals surface area (Å²) in [5, 5.41) is 6.17. The van der Waals surface area contributed by atoms with Crippen LogP contribution in [0.2, 0.25) is 5.02 Å². The molecule has 2 aliphatic rings. The third kappa shape index (κ3) is 5.45. The molecule has 1 saturated carbocycles. The molecule has 1 saturated heterocycles. The minimum atomic E-state index is -0.569. The Kier molecular flexibility index (Phi) is 6.60. The van der Waals surface area contributed by atoms with E-state index in [0.29, 0.717) is 11.6 Å². The zero-order valence-corrected chi connectivity index (χ0v) is 18.6. The van der Waals surface area contributed by atoms with Crippen LogP contribution in [0.1, 0.15) is 52.0 Å². The van der Waals surface area contributed by atoms with Crippen LogP contribution in [0.5, 0.6) is 0 Å². The monoisotopic (exact) mass is 435 g/mol. The van der Waals surface area contributed by atoms with Crippen LogP contribution in [0.3, 0.4) is 0 Å². The first-order valence-electron chi connectivity index (χ1n) is 10.4. The molecule has 2 fully saturated rings. The molecular weight excluding hydrogens is 406 g/mol. The van der Waals surface area contributed by atoms with Crippen molar-refractivity contribution in [1.82, 2.24) is 15.5 Å². The third-order valence-electron chi connectivity index (χ3n) is 5.83. The number of piperazine rings is 1. The fourth-order valence-corrected chi connectivity index (χ4v) is 4.51. The van der Waals surface area contributed by atoms with Gasteiger partial charge in [0.1, 0.15) is 5.60 Å². The molecule has 0 bridgehead atoms. The summed E-state index contributed by atoms with van der Waals surface area (Å²) >= 11 is 6.25. The topological polar surface area (TPSA) is 87.7 Å². The molecular formula is C22H30ClN3O4. The lowest BCUT2D eigenvalue weighted by molar-refractivity contribution is -0.143. The quantitative estimate of drug-likeness (QED) is 0.761. The molecule has 1 aromatic rings. The minimum absolute atomic E-state index is 0.0254. The van der Waals surface area contributed by atoms with Crippen molar-refractivity contribution in [2.24, 2.45) is 0 Å². The molecule has 3 rings (SSSR count). The van der Waals surface area contributed by atoms with Crippen molar-refractivity contribution in [1.29, 1.82) is 0 Å². The number of halogens is 1. The summed E-state index contributed by atoms with van der Waals surface area (Å²) in [7, 11) is 0. The van der Waals surface area contributed by atoms with Crippen molar-refractivity contribution in [3.8, 4) is 0 Å². The Hall–Kier alpha value is -2.28. The molecule has 3 amide bonds. The minimum Gasteiger partial charge on any atom is -0.444 e. The number of alkyl carbamates (subject to hydrolysis) is 1. The number of nitrogens with zero attached hydrogens (tertiary/aromatic N) is 1. The Bertz CT molecular complexity index is 813.